The first-order chi connectivity index (χ1) is 9.16. The van der Waals surface area contributed by atoms with Gasteiger partial charge in [0.25, 0.3) is 5.91 Å². The van der Waals surface area contributed by atoms with Crippen LogP contribution in [0, 0.1) is 6.92 Å². The molecule has 1 fully saturated rings. The van der Waals surface area contributed by atoms with Gasteiger partial charge in [0.05, 0.1) is 5.69 Å². The van der Waals surface area contributed by atoms with Crippen LogP contribution in [-0.2, 0) is 4.79 Å². The molecule has 4 nitrogen and oxygen atoms in total. The van der Waals surface area contributed by atoms with Gasteiger partial charge in [0.1, 0.15) is 5.75 Å². The third-order valence-electron chi connectivity index (χ3n) is 3.48. The molecule has 1 aliphatic rings. The summed E-state index contributed by atoms with van der Waals surface area (Å²) in [4.78, 5) is 14.0. The first-order valence-corrected chi connectivity index (χ1v) is 6.93. The second kappa shape index (κ2) is 6.45. The van der Waals surface area contributed by atoms with E-state index < -0.39 is 0 Å². The van der Waals surface area contributed by atoms with E-state index in [0.717, 1.165) is 31.5 Å². The minimum atomic E-state index is 0.0573. The number of anilines is 1. The Morgan fingerprint density at radius 3 is 2.58 bits per heavy atom. The number of nitrogens with zero attached hydrogens (tertiary/aromatic N) is 1. The van der Waals surface area contributed by atoms with Crippen molar-refractivity contribution in [3.63, 3.8) is 0 Å². The second-order valence-corrected chi connectivity index (χ2v) is 5.12. The fourth-order valence-corrected chi connectivity index (χ4v) is 2.35. The first kappa shape index (κ1) is 13.7. The van der Waals surface area contributed by atoms with Crippen molar-refractivity contribution < 1.29 is 9.53 Å². The van der Waals surface area contributed by atoms with Gasteiger partial charge in [-0.25, -0.2) is 0 Å². The number of nitrogens with two attached hydrogens (primary N) is 1. The van der Waals surface area contributed by atoms with Crippen LogP contribution in [0.15, 0.2) is 18.2 Å². The summed E-state index contributed by atoms with van der Waals surface area (Å²) in [5.41, 5.74) is 7.53. The fourth-order valence-electron chi connectivity index (χ4n) is 2.35. The number of carbonyl (C=O) groups is 1. The highest BCUT2D eigenvalue weighted by Gasteiger charge is 2.16. The number of hydrogen-bond acceptors (Lipinski definition) is 3. The predicted octanol–water partition coefficient (Wildman–Crippen LogP) is 2.36. The Hall–Kier alpha value is -1.71. The Kier molecular flexibility index (Phi) is 4.66. The van der Waals surface area contributed by atoms with E-state index in [-0.39, 0.29) is 12.5 Å². The Balaban J connectivity index is 1.88. The van der Waals surface area contributed by atoms with Crippen molar-refractivity contribution >= 4 is 11.6 Å². The number of ether oxygens (including phenoxy) is 1. The van der Waals surface area contributed by atoms with E-state index in [9.17, 15) is 4.79 Å². The zero-order valence-electron chi connectivity index (χ0n) is 11.5. The molecule has 0 atom stereocenters. The molecule has 4 heteroatoms. The van der Waals surface area contributed by atoms with Crippen molar-refractivity contribution in [1.29, 1.82) is 0 Å². The van der Waals surface area contributed by atoms with Crippen molar-refractivity contribution in [2.45, 2.75) is 32.6 Å². The molecule has 0 aliphatic carbocycles. The maximum atomic E-state index is 12.1. The Labute approximate surface area is 114 Å². The molecule has 0 bridgehead atoms. The lowest BCUT2D eigenvalue weighted by Crippen LogP contribution is -2.35. The van der Waals surface area contributed by atoms with Gasteiger partial charge in [0, 0.05) is 13.1 Å². The van der Waals surface area contributed by atoms with Crippen molar-refractivity contribution in [2.24, 2.45) is 0 Å². The average molecular weight is 262 g/mol. The molecule has 1 aliphatic heterocycles. The fraction of sp³-hybridized carbons (Fsp3) is 0.533. The summed E-state index contributed by atoms with van der Waals surface area (Å²) in [6, 6.07) is 5.61. The molecule has 0 saturated carbocycles. The quantitative estimate of drug-likeness (QED) is 0.851. The zero-order chi connectivity index (χ0) is 13.7. The minimum Gasteiger partial charge on any atom is -0.482 e. The topological polar surface area (TPSA) is 55.6 Å². The summed E-state index contributed by atoms with van der Waals surface area (Å²) < 4.78 is 5.53. The van der Waals surface area contributed by atoms with Crippen LogP contribution in [-0.4, -0.2) is 30.5 Å². The molecule has 1 aromatic carbocycles. The first-order valence-electron chi connectivity index (χ1n) is 6.93. The molecular weight excluding hydrogens is 240 g/mol. The maximum Gasteiger partial charge on any atom is 0.260 e. The van der Waals surface area contributed by atoms with Crippen LogP contribution in [0.3, 0.4) is 0 Å². The molecule has 104 valence electrons. The number of aryl methyl sites for hydroxylation is 1. The van der Waals surface area contributed by atoms with Crippen LogP contribution in [0.4, 0.5) is 5.69 Å². The number of hydrogen-bond donors (Lipinski definition) is 1. The van der Waals surface area contributed by atoms with Gasteiger partial charge in [-0.05, 0) is 37.5 Å². The summed E-state index contributed by atoms with van der Waals surface area (Å²) in [7, 11) is 0. The highest BCUT2D eigenvalue weighted by Crippen LogP contribution is 2.22. The largest absolute Gasteiger partial charge is 0.482 e. The molecular formula is C15H22N2O2. The number of amides is 1. The molecule has 0 unspecified atom stereocenters. The van der Waals surface area contributed by atoms with Gasteiger partial charge in [-0.15, -0.1) is 0 Å². The lowest BCUT2D eigenvalue weighted by molar-refractivity contribution is -0.133. The van der Waals surface area contributed by atoms with Crippen LogP contribution in [0.1, 0.15) is 31.2 Å². The van der Waals surface area contributed by atoms with E-state index in [1.54, 1.807) is 0 Å². The molecule has 0 radical (unpaired) electrons. The van der Waals surface area contributed by atoms with Gasteiger partial charge in [-0.3, -0.25) is 4.79 Å². The number of carbonyl (C=O) groups excluding carboxylic acids is 1. The van der Waals surface area contributed by atoms with Gasteiger partial charge in [-0.2, -0.15) is 0 Å². The summed E-state index contributed by atoms with van der Waals surface area (Å²) >= 11 is 0. The van der Waals surface area contributed by atoms with Crippen molar-refractivity contribution in [3.05, 3.63) is 23.8 Å². The normalized spacial score (nSPS) is 15.9. The number of rotatable bonds is 3. The van der Waals surface area contributed by atoms with Gasteiger partial charge in [0.2, 0.25) is 0 Å². The van der Waals surface area contributed by atoms with E-state index in [1.165, 1.54) is 12.8 Å². The van der Waals surface area contributed by atoms with Gasteiger partial charge < -0.3 is 15.4 Å². The molecule has 1 saturated heterocycles. The number of likely N-dealkylation sites (tertiary alicyclic amines) is 1. The lowest BCUT2D eigenvalue weighted by atomic mass is 10.2. The predicted molar refractivity (Wildman–Crippen MR) is 76.1 cm³/mol. The lowest BCUT2D eigenvalue weighted by Gasteiger charge is -2.20. The molecule has 1 aromatic rings. The molecule has 1 amide bonds. The van der Waals surface area contributed by atoms with Crippen molar-refractivity contribution in [1.82, 2.24) is 4.90 Å². The van der Waals surface area contributed by atoms with Gasteiger partial charge in [0.15, 0.2) is 6.61 Å². The van der Waals surface area contributed by atoms with E-state index in [0.29, 0.717) is 11.4 Å². The summed E-state index contributed by atoms with van der Waals surface area (Å²) in [6.07, 6.45) is 4.63. The Morgan fingerprint density at radius 1 is 1.26 bits per heavy atom. The smallest absolute Gasteiger partial charge is 0.260 e. The molecule has 0 spiro atoms. The number of benzene rings is 1. The molecule has 19 heavy (non-hydrogen) atoms. The molecule has 1 heterocycles. The second-order valence-electron chi connectivity index (χ2n) is 5.12. The van der Waals surface area contributed by atoms with Crippen LogP contribution < -0.4 is 10.5 Å². The molecule has 2 rings (SSSR count). The van der Waals surface area contributed by atoms with Crippen LogP contribution >= 0.6 is 0 Å². The van der Waals surface area contributed by atoms with Crippen molar-refractivity contribution in [2.75, 3.05) is 25.4 Å². The Morgan fingerprint density at radius 2 is 1.95 bits per heavy atom. The summed E-state index contributed by atoms with van der Waals surface area (Å²) in [5.74, 6) is 0.649. The third kappa shape index (κ3) is 3.88. The average Bonchev–Trinajstić information content (AvgIpc) is 2.66. The van der Waals surface area contributed by atoms with Crippen LogP contribution in [0.2, 0.25) is 0 Å². The number of nitrogen functional groups attached to an aromatic ring is 1. The summed E-state index contributed by atoms with van der Waals surface area (Å²) in [5, 5.41) is 0. The highest BCUT2D eigenvalue weighted by atomic mass is 16.5. The Bertz CT molecular complexity index is 438. The summed E-state index contributed by atoms with van der Waals surface area (Å²) in [6.45, 7) is 3.76. The standard InChI is InChI=1S/C15H22N2O2/c1-12-6-7-14(13(16)10-12)19-11-15(18)17-8-4-2-3-5-9-17/h6-7,10H,2-5,8-9,11,16H2,1H3. The molecule has 0 aromatic heterocycles. The third-order valence-corrected chi connectivity index (χ3v) is 3.48. The zero-order valence-corrected chi connectivity index (χ0v) is 11.5. The maximum absolute atomic E-state index is 12.1. The molecule has 2 N–H and O–H groups in total. The van der Waals surface area contributed by atoms with Crippen LogP contribution in [0.25, 0.3) is 0 Å². The van der Waals surface area contributed by atoms with E-state index in [4.69, 9.17) is 10.5 Å². The van der Waals surface area contributed by atoms with Crippen LogP contribution in [0.5, 0.6) is 5.75 Å². The van der Waals surface area contributed by atoms with Gasteiger partial charge >= 0.3 is 0 Å². The SMILES string of the molecule is Cc1ccc(OCC(=O)N2CCCCCC2)c(N)c1. The minimum absolute atomic E-state index is 0.0573. The van der Waals surface area contributed by atoms with E-state index in [2.05, 4.69) is 0 Å². The van der Waals surface area contributed by atoms with Gasteiger partial charge in [-0.1, -0.05) is 18.9 Å². The van der Waals surface area contributed by atoms with E-state index >= 15 is 0 Å². The van der Waals surface area contributed by atoms with Crippen molar-refractivity contribution in [3.8, 4) is 5.75 Å². The highest BCUT2D eigenvalue weighted by molar-refractivity contribution is 5.78. The monoisotopic (exact) mass is 262 g/mol. The van der Waals surface area contributed by atoms with E-state index in [1.807, 2.05) is 30.0 Å².